The molecule has 2 rings (SSSR count). The highest BCUT2D eigenvalue weighted by molar-refractivity contribution is 5.43. The van der Waals surface area contributed by atoms with E-state index in [2.05, 4.69) is 12.2 Å². The predicted octanol–water partition coefficient (Wildman–Crippen LogP) is 4.43. The van der Waals surface area contributed by atoms with Gasteiger partial charge in [-0.1, -0.05) is 6.92 Å². The molecule has 108 valence electrons. The molecule has 1 atom stereocenters. The Labute approximate surface area is 120 Å². The molecule has 1 heterocycles. The van der Waals surface area contributed by atoms with Gasteiger partial charge in [-0.25, -0.2) is 4.39 Å². The highest BCUT2D eigenvalue weighted by atomic mass is 19.1. The predicted molar refractivity (Wildman–Crippen MR) is 79.5 cm³/mol. The van der Waals surface area contributed by atoms with Crippen molar-refractivity contribution in [2.75, 3.05) is 6.54 Å². The number of benzene rings is 1. The first-order valence-corrected chi connectivity index (χ1v) is 7.08. The minimum Gasteiger partial charge on any atom is -0.469 e. The number of furan rings is 1. The van der Waals surface area contributed by atoms with Crippen molar-refractivity contribution in [2.45, 2.75) is 40.2 Å². The van der Waals surface area contributed by atoms with E-state index in [-0.39, 0.29) is 11.9 Å². The van der Waals surface area contributed by atoms with Crippen molar-refractivity contribution in [1.82, 2.24) is 5.32 Å². The van der Waals surface area contributed by atoms with E-state index >= 15 is 0 Å². The fourth-order valence-electron chi connectivity index (χ4n) is 2.73. The van der Waals surface area contributed by atoms with Gasteiger partial charge in [-0.2, -0.15) is 0 Å². The third-order valence-corrected chi connectivity index (χ3v) is 3.66. The average molecular weight is 275 g/mol. The number of halogens is 1. The molecule has 1 unspecified atom stereocenters. The van der Waals surface area contributed by atoms with E-state index in [1.807, 2.05) is 26.8 Å². The minimum atomic E-state index is -0.179. The summed E-state index contributed by atoms with van der Waals surface area (Å²) in [5, 5.41) is 3.55. The molecular formula is C17H22FNO. The quantitative estimate of drug-likeness (QED) is 0.873. The van der Waals surface area contributed by atoms with Crippen LogP contribution in [0.1, 0.15) is 47.4 Å². The van der Waals surface area contributed by atoms with Crippen LogP contribution in [0.25, 0.3) is 0 Å². The molecule has 0 bridgehead atoms. The smallest absolute Gasteiger partial charge is 0.123 e. The lowest BCUT2D eigenvalue weighted by molar-refractivity contribution is 0.516. The Morgan fingerprint density at radius 2 is 1.85 bits per heavy atom. The van der Waals surface area contributed by atoms with Crippen LogP contribution in [0.5, 0.6) is 0 Å². The number of aryl methyl sites for hydroxylation is 3. The summed E-state index contributed by atoms with van der Waals surface area (Å²) in [4.78, 5) is 0. The summed E-state index contributed by atoms with van der Waals surface area (Å²) in [7, 11) is 0. The minimum absolute atomic E-state index is 0.0503. The summed E-state index contributed by atoms with van der Waals surface area (Å²) in [5.74, 6) is 0.726. The number of hydrogen-bond acceptors (Lipinski definition) is 2. The van der Waals surface area contributed by atoms with Crippen molar-refractivity contribution >= 4 is 0 Å². The molecule has 20 heavy (non-hydrogen) atoms. The van der Waals surface area contributed by atoms with Crippen molar-refractivity contribution in [1.29, 1.82) is 0 Å². The molecule has 1 N–H and O–H groups in total. The molecule has 1 aromatic heterocycles. The van der Waals surface area contributed by atoms with Crippen LogP contribution >= 0.6 is 0 Å². The largest absolute Gasteiger partial charge is 0.469 e. The molecule has 2 aromatic rings. The summed E-state index contributed by atoms with van der Waals surface area (Å²) >= 11 is 0. The van der Waals surface area contributed by atoms with E-state index in [0.29, 0.717) is 0 Å². The van der Waals surface area contributed by atoms with Crippen molar-refractivity contribution < 1.29 is 8.81 Å². The van der Waals surface area contributed by atoms with Gasteiger partial charge in [0.15, 0.2) is 0 Å². The van der Waals surface area contributed by atoms with E-state index in [1.54, 1.807) is 18.4 Å². The standard InChI is InChI=1S/C17H22FNO/c1-5-7-19-17(15-6-8-20-13(15)4)16-11(2)9-14(18)10-12(16)3/h6,8-10,17,19H,5,7H2,1-4H3. The molecule has 0 aliphatic heterocycles. The van der Waals surface area contributed by atoms with Crippen LogP contribution < -0.4 is 5.32 Å². The van der Waals surface area contributed by atoms with Gasteiger partial charge in [0, 0.05) is 5.56 Å². The first kappa shape index (κ1) is 14.8. The first-order valence-electron chi connectivity index (χ1n) is 7.08. The maximum atomic E-state index is 13.5. The third kappa shape index (κ3) is 2.93. The molecule has 0 amide bonds. The molecule has 2 nitrogen and oxygen atoms in total. The Hall–Kier alpha value is -1.61. The van der Waals surface area contributed by atoms with Crippen LogP contribution in [-0.2, 0) is 0 Å². The lowest BCUT2D eigenvalue weighted by atomic mass is 9.91. The molecule has 3 heteroatoms. The normalized spacial score (nSPS) is 12.7. The average Bonchev–Trinajstić information content (AvgIpc) is 2.78. The molecule has 0 saturated carbocycles. The lowest BCUT2D eigenvalue weighted by Crippen LogP contribution is -2.25. The Morgan fingerprint density at radius 3 is 2.35 bits per heavy atom. The maximum absolute atomic E-state index is 13.5. The Kier molecular flexibility index (Phi) is 4.61. The van der Waals surface area contributed by atoms with Crippen LogP contribution in [0.15, 0.2) is 28.9 Å². The molecule has 1 aromatic carbocycles. The van der Waals surface area contributed by atoms with Crippen LogP contribution in [0.4, 0.5) is 4.39 Å². The zero-order chi connectivity index (χ0) is 14.7. The van der Waals surface area contributed by atoms with Gasteiger partial charge in [0.2, 0.25) is 0 Å². The van der Waals surface area contributed by atoms with Gasteiger partial charge in [-0.3, -0.25) is 0 Å². The Balaban J connectivity index is 2.50. The molecule has 0 aliphatic rings. The Morgan fingerprint density at radius 1 is 1.20 bits per heavy atom. The number of hydrogen-bond donors (Lipinski definition) is 1. The van der Waals surface area contributed by atoms with Crippen LogP contribution in [0.2, 0.25) is 0 Å². The van der Waals surface area contributed by atoms with Crippen LogP contribution in [0, 0.1) is 26.6 Å². The van der Waals surface area contributed by atoms with E-state index < -0.39 is 0 Å². The summed E-state index contributed by atoms with van der Waals surface area (Å²) in [6.45, 7) is 8.93. The fourth-order valence-corrected chi connectivity index (χ4v) is 2.73. The van der Waals surface area contributed by atoms with Gasteiger partial charge in [0.1, 0.15) is 11.6 Å². The van der Waals surface area contributed by atoms with Gasteiger partial charge >= 0.3 is 0 Å². The van der Waals surface area contributed by atoms with Crippen molar-refractivity contribution in [3.63, 3.8) is 0 Å². The van der Waals surface area contributed by atoms with Gasteiger partial charge in [0.05, 0.1) is 12.3 Å². The summed E-state index contributed by atoms with van der Waals surface area (Å²) in [6, 6.07) is 5.23. The van der Waals surface area contributed by atoms with E-state index in [4.69, 9.17) is 4.42 Å². The van der Waals surface area contributed by atoms with Crippen molar-refractivity contribution in [3.05, 3.63) is 58.3 Å². The second kappa shape index (κ2) is 6.23. The third-order valence-electron chi connectivity index (χ3n) is 3.66. The SMILES string of the molecule is CCCNC(c1ccoc1C)c1c(C)cc(F)cc1C. The van der Waals surface area contributed by atoms with E-state index in [9.17, 15) is 4.39 Å². The molecule has 0 saturated heterocycles. The first-order chi connectivity index (χ1) is 9.54. The molecule has 0 radical (unpaired) electrons. The van der Waals surface area contributed by atoms with Gasteiger partial charge in [0.25, 0.3) is 0 Å². The zero-order valence-electron chi connectivity index (χ0n) is 12.6. The molecule has 0 spiro atoms. The number of rotatable bonds is 5. The van der Waals surface area contributed by atoms with Crippen LogP contribution in [-0.4, -0.2) is 6.54 Å². The molecule has 0 aliphatic carbocycles. The second-order valence-electron chi connectivity index (χ2n) is 5.27. The fraction of sp³-hybridized carbons (Fsp3) is 0.412. The summed E-state index contributed by atoms with van der Waals surface area (Å²) in [5.41, 5.74) is 4.20. The zero-order valence-corrected chi connectivity index (χ0v) is 12.6. The molecule has 0 fully saturated rings. The summed E-state index contributed by atoms with van der Waals surface area (Å²) in [6.07, 6.45) is 2.76. The van der Waals surface area contributed by atoms with E-state index in [0.717, 1.165) is 41.0 Å². The number of nitrogens with one attached hydrogen (secondary N) is 1. The highest BCUT2D eigenvalue weighted by Crippen LogP contribution is 2.31. The van der Waals surface area contributed by atoms with E-state index in [1.165, 1.54) is 0 Å². The van der Waals surface area contributed by atoms with Crippen molar-refractivity contribution in [2.24, 2.45) is 0 Å². The second-order valence-corrected chi connectivity index (χ2v) is 5.27. The lowest BCUT2D eigenvalue weighted by Gasteiger charge is -2.23. The van der Waals surface area contributed by atoms with Crippen LogP contribution in [0.3, 0.4) is 0 Å². The highest BCUT2D eigenvalue weighted by Gasteiger charge is 2.21. The summed E-state index contributed by atoms with van der Waals surface area (Å²) < 4.78 is 18.9. The van der Waals surface area contributed by atoms with Gasteiger partial charge in [-0.15, -0.1) is 0 Å². The Bertz CT molecular complexity index is 565. The monoisotopic (exact) mass is 275 g/mol. The topological polar surface area (TPSA) is 25.2 Å². The van der Waals surface area contributed by atoms with Gasteiger partial charge < -0.3 is 9.73 Å². The molecular weight excluding hydrogens is 253 g/mol. The maximum Gasteiger partial charge on any atom is 0.123 e. The van der Waals surface area contributed by atoms with Gasteiger partial charge in [-0.05, 0) is 68.6 Å². The van der Waals surface area contributed by atoms with Crippen molar-refractivity contribution in [3.8, 4) is 0 Å².